The van der Waals surface area contributed by atoms with Crippen LogP contribution in [0.4, 0.5) is 5.82 Å². The molecule has 2 N–H and O–H groups in total. The van der Waals surface area contributed by atoms with Gasteiger partial charge in [0.15, 0.2) is 17.0 Å². The lowest BCUT2D eigenvalue weighted by Gasteiger charge is -2.23. The van der Waals surface area contributed by atoms with Crippen LogP contribution in [-0.2, 0) is 16.1 Å². The molecule has 2 aliphatic rings. The normalized spacial score (nSPS) is 20.3. The van der Waals surface area contributed by atoms with Crippen molar-refractivity contribution in [1.82, 2.24) is 39.7 Å². The van der Waals surface area contributed by atoms with Crippen LogP contribution in [0.15, 0.2) is 18.7 Å². The molecule has 1 saturated carbocycles. The molecule has 2 atom stereocenters. The van der Waals surface area contributed by atoms with Crippen molar-refractivity contribution in [2.45, 2.75) is 51.7 Å². The van der Waals surface area contributed by atoms with Gasteiger partial charge < -0.3 is 20.1 Å². The number of nitrogens with zero attached hydrogens (tertiary/aromatic N) is 7. The van der Waals surface area contributed by atoms with Gasteiger partial charge in [-0.25, -0.2) is 24.9 Å². The molecule has 11 nitrogen and oxygen atoms in total. The Morgan fingerprint density at radius 3 is 2.58 bits per heavy atom. The van der Waals surface area contributed by atoms with Crippen molar-refractivity contribution in [3.8, 4) is 11.4 Å². The van der Waals surface area contributed by atoms with E-state index in [4.69, 9.17) is 4.98 Å². The zero-order valence-electron chi connectivity index (χ0n) is 18.9. The van der Waals surface area contributed by atoms with Crippen LogP contribution in [0.3, 0.4) is 0 Å². The highest BCUT2D eigenvalue weighted by Gasteiger charge is 2.44. The van der Waals surface area contributed by atoms with Crippen molar-refractivity contribution in [2.24, 2.45) is 5.92 Å². The lowest BCUT2D eigenvalue weighted by molar-refractivity contribution is -0.139. The number of carbonyl (C=O) groups is 2. The molecule has 1 aliphatic carbocycles. The standard InChI is InChI=1S/C22H27N9O2/c1-4-30-19(14-8-24-12(2)25-9-14)29-17-18(26-11-27-20(17)30)28-15-7-16(21(32)23-3)31(10-15)22(33)13-5-6-13/h8-9,11,13,15-16H,4-7,10H2,1-3H3,(H,23,32)(H,26,27,28). The van der Waals surface area contributed by atoms with Gasteiger partial charge in [0.05, 0.1) is 5.56 Å². The number of aromatic nitrogens is 6. The summed E-state index contributed by atoms with van der Waals surface area (Å²) in [5.41, 5.74) is 2.14. The molecule has 172 valence electrons. The van der Waals surface area contributed by atoms with Gasteiger partial charge >= 0.3 is 0 Å². The van der Waals surface area contributed by atoms with E-state index >= 15 is 0 Å². The second-order valence-corrected chi connectivity index (χ2v) is 8.56. The highest BCUT2D eigenvalue weighted by Crippen LogP contribution is 2.35. The predicted octanol–water partition coefficient (Wildman–Crippen LogP) is 1.15. The Kier molecular flexibility index (Phi) is 5.39. The minimum absolute atomic E-state index is 0.0567. The fourth-order valence-electron chi connectivity index (χ4n) is 4.43. The smallest absolute Gasteiger partial charge is 0.242 e. The van der Waals surface area contributed by atoms with E-state index in [0.717, 1.165) is 24.2 Å². The third kappa shape index (κ3) is 3.87. The Bertz CT molecular complexity index is 1200. The van der Waals surface area contributed by atoms with E-state index in [0.29, 0.717) is 42.3 Å². The molecule has 1 saturated heterocycles. The molecule has 2 amide bonds. The fourth-order valence-corrected chi connectivity index (χ4v) is 4.43. The molecule has 0 bridgehead atoms. The monoisotopic (exact) mass is 449 g/mol. The third-order valence-corrected chi connectivity index (χ3v) is 6.29. The molecule has 3 aromatic rings. The number of carbonyl (C=O) groups excluding carboxylic acids is 2. The summed E-state index contributed by atoms with van der Waals surface area (Å²) in [5, 5.41) is 6.12. The van der Waals surface area contributed by atoms with Crippen LogP contribution in [0.2, 0.25) is 0 Å². The average molecular weight is 450 g/mol. The topological polar surface area (TPSA) is 131 Å². The number of anilines is 1. The van der Waals surface area contributed by atoms with Crippen molar-refractivity contribution < 1.29 is 9.59 Å². The zero-order valence-corrected chi connectivity index (χ0v) is 18.9. The average Bonchev–Trinajstić information content (AvgIpc) is 3.48. The van der Waals surface area contributed by atoms with Gasteiger partial charge in [-0.15, -0.1) is 0 Å². The number of hydrogen-bond acceptors (Lipinski definition) is 8. The Hall–Kier alpha value is -3.63. The van der Waals surface area contributed by atoms with Crippen LogP contribution in [0.5, 0.6) is 0 Å². The maximum absolute atomic E-state index is 12.8. The lowest BCUT2D eigenvalue weighted by atomic mass is 10.1. The maximum Gasteiger partial charge on any atom is 0.242 e. The molecular formula is C22H27N9O2. The van der Waals surface area contributed by atoms with Crippen molar-refractivity contribution in [3.63, 3.8) is 0 Å². The van der Waals surface area contributed by atoms with E-state index in [-0.39, 0.29) is 23.8 Å². The number of likely N-dealkylation sites (tertiary alicyclic amines) is 1. The lowest BCUT2D eigenvalue weighted by Crippen LogP contribution is -2.45. The first-order valence-corrected chi connectivity index (χ1v) is 11.3. The number of hydrogen-bond donors (Lipinski definition) is 2. The van der Waals surface area contributed by atoms with Crippen LogP contribution in [0.1, 0.15) is 32.0 Å². The quantitative estimate of drug-likeness (QED) is 0.573. The van der Waals surface area contributed by atoms with Crippen LogP contribution >= 0.6 is 0 Å². The molecule has 4 heterocycles. The Morgan fingerprint density at radius 1 is 1.15 bits per heavy atom. The molecule has 11 heteroatoms. The molecule has 2 unspecified atom stereocenters. The minimum Gasteiger partial charge on any atom is -0.363 e. The maximum atomic E-state index is 12.8. The van der Waals surface area contributed by atoms with Gasteiger partial charge in [0.25, 0.3) is 0 Å². The summed E-state index contributed by atoms with van der Waals surface area (Å²) >= 11 is 0. The summed E-state index contributed by atoms with van der Waals surface area (Å²) in [5.74, 6) is 1.98. The van der Waals surface area contributed by atoms with Crippen LogP contribution < -0.4 is 10.6 Å². The Morgan fingerprint density at radius 2 is 1.91 bits per heavy atom. The largest absolute Gasteiger partial charge is 0.363 e. The summed E-state index contributed by atoms with van der Waals surface area (Å²) in [6.07, 6.45) is 7.33. The minimum atomic E-state index is -0.480. The van der Waals surface area contributed by atoms with E-state index in [1.807, 2.05) is 18.4 Å². The van der Waals surface area contributed by atoms with Gasteiger partial charge in [-0.3, -0.25) is 9.59 Å². The molecule has 0 aromatic carbocycles. The SMILES string of the molecule is CCn1c(-c2cnc(C)nc2)nc2c(NC3CC(C(=O)NC)N(C(=O)C4CC4)C3)ncnc21. The first-order chi connectivity index (χ1) is 16.0. The van der Waals surface area contributed by atoms with Crippen LogP contribution in [0, 0.1) is 12.8 Å². The summed E-state index contributed by atoms with van der Waals surface area (Å²) in [6.45, 7) is 4.99. The van der Waals surface area contributed by atoms with Gasteiger partial charge in [0.1, 0.15) is 24.0 Å². The summed E-state index contributed by atoms with van der Waals surface area (Å²) in [6, 6.07) is -0.600. The van der Waals surface area contributed by atoms with Crippen LogP contribution in [0.25, 0.3) is 22.6 Å². The summed E-state index contributed by atoms with van der Waals surface area (Å²) in [7, 11) is 1.60. The number of likely N-dealkylation sites (N-methyl/N-ethyl adjacent to an activating group) is 1. The van der Waals surface area contributed by atoms with Gasteiger partial charge in [-0.1, -0.05) is 0 Å². The second kappa shape index (κ2) is 8.38. The molecule has 0 spiro atoms. The van der Waals surface area contributed by atoms with E-state index in [2.05, 4.69) is 30.6 Å². The Labute approximate surface area is 191 Å². The number of fused-ring (bicyclic) bond motifs is 1. The molecule has 5 rings (SSSR count). The summed E-state index contributed by atoms with van der Waals surface area (Å²) < 4.78 is 2.00. The van der Waals surface area contributed by atoms with Gasteiger partial charge in [0, 0.05) is 44.5 Å². The second-order valence-electron chi connectivity index (χ2n) is 8.56. The van der Waals surface area contributed by atoms with E-state index in [1.54, 1.807) is 24.3 Å². The number of rotatable bonds is 6. The van der Waals surface area contributed by atoms with E-state index < -0.39 is 6.04 Å². The molecule has 2 fully saturated rings. The van der Waals surface area contributed by atoms with Crippen LogP contribution in [-0.4, -0.2) is 71.9 Å². The van der Waals surface area contributed by atoms with E-state index in [1.165, 1.54) is 6.33 Å². The zero-order chi connectivity index (χ0) is 23.1. The molecule has 3 aromatic heterocycles. The number of aryl methyl sites for hydroxylation is 2. The van der Waals surface area contributed by atoms with Crippen molar-refractivity contribution >= 4 is 28.8 Å². The van der Waals surface area contributed by atoms with E-state index in [9.17, 15) is 9.59 Å². The number of imidazole rings is 1. The van der Waals surface area contributed by atoms with Gasteiger partial charge in [0.2, 0.25) is 11.8 Å². The van der Waals surface area contributed by atoms with Gasteiger partial charge in [-0.2, -0.15) is 0 Å². The third-order valence-electron chi connectivity index (χ3n) is 6.29. The highest BCUT2D eigenvalue weighted by molar-refractivity contribution is 5.90. The van der Waals surface area contributed by atoms with Crippen molar-refractivity contribution in [3.05, 3.63) is 24.5 Å². The first-order valence-electron chi connectivity index (χ1n) is 11.3. The Balaban J connectivity index is 1.46. The molecular weight excluding hydrogens is 422 g/mol. The predicted molar refractivity (Wildman–Crippen MR) is 121 cm³/mol. The fraction of sp³-hybridized carbons (Fsp3) is 0.500. The van der Waals surface area contributed by atoms with Crippen molar-refractivity contribution in [2.75, 3.05) is 18.9 Å². The first kappa shape index (κ1) is 21.2. The van der Waals surface area contributed by atoms with Gasteiger partial charge in [-0.05, 0) is 33.1 Å². The molecule has 0 radical (unpaired) electrons. The highest BCUT2D eigenvalue weighted by atomic mass is 16.2. The number of amides is 2. The van der Waals surface area contributed by atoms with Crippen molar-refractivity contribution in [1.29, 1.82) is 0 Å². The molecule has 33 heavy (non-hydrogen) atoms. The summed E-state index contributed by atoms with van der Waals surface area (Å²) in [4.78, 5) is 49.3. The number of nitrogens with one attached hydrogen (secondary N) is 2. The molecule has 1 aliphatic heterocycles.